The fourth-order valence-electron chi connectivity index (χ4n) is 2.91. The van der Waals surface area contributed by atoms with Gasteiger partial charge in [0.2, 0.25) is 0 Å². The van der Waals surface area contributed by atoms with Crippen LogP contribution in [0.25, 0.3) is 10.9 Å². The summed E-state index contributed by atoms with van der Waals surface area (Å²) in [5.74, 6) is 1.05. The molecule has 8 nitrogen and oxygen atoms in total. The quantitative estimate of drug-likeness (QED) is 0.379. The first-order valence-corrected chi connectivity index (χ1v) is 9.53. The molecule has 0 aliphatic heterocycles. The van der Waals surface area contributed by atoms with Crippen molar-refractivity contribution in [3.63, 3.8) is 0 Å². The number of nitrogens with one attached hydrogen (secondary N) is 1. The Morgan fingerprint density at radius 2 is 2.03 bits per heavy atom. The third kappa shape index (κ3) is 5.31. The molecule has 0 spiro atoms. The minimum Gasteiger partial charge on any atom is -0.493 e. The number of imidazole rings is 1. The van der Waals surface area contributed by atoms with E-state index in [1.165, 1.54) is 12.1 Å². The molecular weight excluding hydrogens is 446 g/mol. The average molecular weight is 465 g/mol. The van der Waals surface area contributed by atoms with Gasteiger partial charge in [-0.05, 0) is 35.9 Å². The molecule has 0 radical (unpaired) electrons. The van der Waals surface area contributed by atoms with E-state index in [1.54, 1.807) is 37.8 Å². The molecule has 11 heteroatoms. The molecule has 0 amide bonds. The molecule has 0 aliphatic carbocycles. The number of nitrogens with zero attached hydrogens (tertiary/aromatic N) is 5. The standard InChI is InChI=1S/C20H18ClFN6O2.ClH/c1-29-18-10-14-17(11-19(18)30-8-2-6-28-7-5-23-12-28)25-27-26-20(14)24-13-3-4-16(22)15(21)9-13;/h3-5,7,9-12H,2,6,8H2,1H3,(H,24,25,26);1H. The topological polar surface area (TPSA) is 87.0 Å². The zero-order valence-electron chi connectivity index (χ0n) is 16.5. The first-order chi connectivity index (χ1) is 14.6. The van der Waals surface area contributed by atoms with Crippen molar-refractivity contribution in [2.45, 2.75) is 13.0 Å². The fourth-order valence-corrected chi connectivity index (χ4v) is 3.09. The fraction of sp³-hybridized carbons (Fsp3) is 0.200. The highest BCUT2D eigenvalue weighted by Crippen LogP contribution is 2.34. The number of ether oxygens (including phenoxy) is 2. The smallest absolute Gasteiger partial charge is 0.164 e. The van der Waals surface area contributed by atoms with E-state index in [0.717, 1.165) is 13.0 Å². The molecule has 0 fully saturated rings. The van der Waals surface area contributed by atoms with Crippen LogP contribution in [0.15, 0.2) is 49.1 Å². The summed E-state index contributed by atoms with van der Waals surface area (Å²) >= 11 is 5.85. The van der Waals surface area contributed by atoms with Crippen molar-refractivity contribution in [3.05, 3.63) is 59.9 Å². The van der Waals surface area contributed by atoms with Crippen molar-refractivity contribution in [1.29, 1.82) is 0 Å². The average Bonchev–Trinajstić information content (AvgIpc) is 3.27. The van der Waals surface area contributed by atoms with Gasteiger partial charge in [0.25, 0.3) is 0 Å². The van der Waals surface area contributed by atoms with Crippen LogP contribution in [0.2, 0.25) is 5.02 Å². The van der Waals surface area contributed by atoms with Gasteiger partial charge in [-0.1, -0.05) is 11.6 Å². The largest absolute Gasteiger partial charge is 0.493 e. The van der Waals surface area contributed by atoms with Gasteiger partial charge < -0.3 is 19.4 Å². The maximum Gasteiger partial charge on any atom is 0.164 e. The van der Waals surface area contributed by atoms with Crippen molar-refractivity contribution in [2.24, 2.45) is 0 Å². The van der Waals surface area contributed by atoms with E-state index in [9.17, 15) is 4.39 Å². The molecule has 2 aromatic carbocycles. The van der Waals surface area contributed by atoms with E-state index in [4.69, 9.17) is 21.1 Å². The van der Waals surface area contributed by atoms with E-state index >= 15 is 0 Å². The number of hydrogen-bond donors (Lipinski definition) is 1. The molecule has 162 valence electrons. The second kappa shape index (κ2) is 10.2. The van der Waals surface area contributed by atoms with E-state index < -0.39 is 5.82 Å². The highest BCUT2D eigenvalue weighted by Gasteiger charge is 2.13. The molecule has 0 saturated heterocycles. The molecule has 0 saturated carbocycles. The lowest BCUT2D eigenvalue weighted by Crippen LogP contribution is -2.05. The first-order valence-electron chi connectivity index (χ1n) is 9.16. The molecule has 1 N–H and O–H groups in total. The van der Waals surface area contributed by atoms with Gasteiger partial charge >= 0.3 is 0 Å². The van der Waals surface area contributed by atoms with Crippen LogP contribution in [0, 0.1) is 5.82 Å². The second-order valence-electron chi connectivity index (χ2n) is 6.41. The van der Waals surface area contributed by atoms with Crippen LogP contribution < -0.4 is 14.8 Å². The van der Waals surface area contributed by atoms with Crippen LogP contribution in [0.3, 0.4) is 0 Å². The molecule has 0 unspecified atom stereocenters. The maximum absolute atomic E-state index is 13.4. The number of fused-ring (bicyclic) bond motifs is 1. The third-order valence-corrected chi connectivity index (χ3v) is 4.68. The molecule has 31 heavy (non-hydrogen) atoms. The Kier molecular flexibility index (Phi) is 7.43. The van der Waals surface area contributed by atoms with Crippen LogP contribution in [0.4, 0.5) is 15.9 Å². The molecule has 0 atom stereocenters. The second-order valence-corrected chi connectivity index (χ2v) is 6.82. The summed E-state index contributed by atoms with van der Waals surface area (Å²) in [7, 11) is 1.56. The third-order valence-electron chi connectivity index (χ3n) is 4.39. The summed E-state index contributed by atoms with van der Waals surface area (Å²) in [5, 5.41) is 15.7. The number of aryl methyl sites for hydroxylation is 1. The zero-order valence-corrected chi connectivity index (χ0v) is 18.0. The van der Waals surface area contributed by atoms with Crippen molar-refractivity contribution in [1.82, 2.24) is 25.0 Å². The summed E-state index contributed by atoms with van der Waals surface area (Å²) in [6.45, 7) is 1.30. The van der Waals surface area contributed by atoms with Gasteiger partial charge in [-0.15, -0.1) is 22.6 Å². The summed E-state index contributed by atoms with van der Waals surface area (Å²) in [6.07, 6.45) is 6.22. The molecular formula is C20H19Cl2FN6O2. The Bertz CT molecular complexity index is 1160. The van der Waals surface area contributed by atoms with Crippen LogP contribution >= 0.6 is 24.0 Å². The summed E-state index contributed by atoms with van der Waals surface area (Å²) in [6, 6.07) is 7.83. The molecule has 4 rings (SSSR count). The molecule has 4 aromatic rings. The van der Waals surface area contributed by atoms with Crippen LogP contribution in [0.1, 0.15) is 6.42 Å². The van der Waals surface area contributed by atoms with Gasteiger partial charge in [-0.3, -0.25) is 0 Å². The molecule has 0 aliphatic rings. The summed E-state index contributed by atoms with van der Waals surface area (Å²) in [5.41, 5.74) is 1.15. The van der Waals surface area contributed by atoms with Crippen molar-refractivity contribution in [2.75, 3.05) is 19.0 Å². The Labute approximate surface area is 188 Å². The minimum atomic E-state index is -0.496. The van der Waals surface area contributed by atoms with E-state index in [-0.39, 0.29) is 17.4 Å². The van der Waals surface area contributed by atoms with E-state index in [1.807, 2.05) is 10.8 Å². The van der Waals surface area contributed by atoms with Gasteiger partial charge in [0.05, 0.1) is 30.5 Å². The Morgan fingerprint density at radius 3 is 2.77 bits per heavy atom. The number of anilines is 2. The number of rotatable bonds is 8. The Balaban J connectivity index is 0.00000272. The number of aromatic nitrogens is 5. The number of halogens is 3. The maximum atomic E-state index is 13.4. The van der Waals surface area contributed by atoms with Crippen LogP contribution in [-0.4, -0.2) is 38.7 Å². The van der Waals surface area contributed by atoms with Crippen molar-refractivity contribution < 1.29 is 13.9 Å². The molecule has 2 aromatic heterocycles. The normalized spacial score (nSPS) is 10.5. The van der Waals surface area contributed by atoms with Crippen LogP contribution in [-0.2, 0) is 6.54 Å². The van der Waals surface area contributed by atoms with Gasteiger partial charge in [0, 0.05) is 30.7 Å². The van der Waals surface area contributed by atoms with Gasteiger partial charge in [-0.25, -0.2) is 9.37 Å². The van der Waals surface area contributed by atoms with E-state index in [0.29, 0.717) is 40.5 Å². The monoisotopic (exact) mass is 464 g/mol. The molecule has 2 heterocycles. The lowest BCUT2D eigenvalue weighted by molar-refractivity contribution is 0.283. The highest BCUT2D eigenvalue weighted by molar-refractivity contribution is 6.31. The van der Waals surface area contributed by atoms with Gasteiger partial charge in [0.15, 0.2) is 17.3 Å². The number of benzene rings is 2. The SMILES string of the molecule is COc1cc2c(Nc3ccc(F)c(Cl)c3)nnnc2cc1OCCCn1ccnc1.Cl. The minimum absolute atomic E-state index is 0. The Morgan fingerprint density at radius 1 is 1.16 bits per heavy atom. The van der Waals surface area contributed by atoms with E-state index in [2.05, 4.69) is 25.7 Å². The number of methoxy groups -OCH3 is 1. The van der Waals surface area contributed by atoms with Crippen molar-refractivity contribution >= 4 is 46.4 Å². The van der Waals surface area contributed by atoms with Crippen LogP contribution in [0.5, 0.6) is 11.5 Å². The van der Waals surface area contributed by atoms with Gasteiger partial charge in [-0.2, -0.15) is 0 Å². The predicted molar refractivity (Wildman–Crippen MR) is 118 cm³/mol. The summed E-state index contributed by atoms with van der Waals surface area (Å²) in [4.78, 5) is 4.02. The Hall–Kier alpha value is -3.17. The molecule has 0 bridgehead atoms. The van der Waals surface area contributed by atoms with Crippen molar-refractivity contribution in [3.8, 4) is 11.5 Å². The highest BCUT2D eigenvalue weighted by atomic mass is 35.5. The predicted octanol–water partition coefficient (Wildman–Crippen LogP) is 4.66. The lowest BCUT2D eigenvalue weighted by Gasteiger charge is -2.13. The zero-order chi connectivity index (χ0) is 20.9. The van der Waals surface area contributed by atoms with Gasteiger partial charge in [0.1, 0.15) is 11.3 Å². The first kappa shape index (κ1) is 22.5. The lowest BCUT2D eigenvalue weighted by atomic mass is 10.2. The number of hydrogen-bond acceptors (Lipinski definition) is 7. The summed E-state index contributed by atoms with van der Waals surface area (Å²) < 4.78 is 26.8.